The number of amides is 1. The maximum absolute atomic E-state index is 12.5. The fourth-order valence-corrected chi connectivity index (χ4v) is 4.66. The van der Waals surface area contributed by atoms with Crippen molar-refractivity contribution >= 4 is 17.7 Å². The van der Waals surface area contributed by atoms with Gasteiger partial charge < -0.3 is 14.7 Å². The van der Waals surface area contributed by atoms with Crippen LogP contribution in [-0.2, 0) is 9.53 Å². The Morgan fingerprint density at radius 1 is 1.33 bits per heavy atom. The standard InChI is InChI=1S/C19H27NO3S/c1-3-23-17-12-16(21)19(17)8-10-20(11-9-19)18(22)13-24-15-6-4-14(2)5-7-15/h4-7,16-17,21H,3,8-13H2,1-2H3/t16-,17-/m0/s1. The third-order valence-electron chi connectivity index (χ3n) is 5.54. The fourth-order valence-electron chi connectivity index (χ4n) is 3.86. The fraction of sp³-hybridized carbons (Fsp3) is 0.632. The van der Waals surface area contributed by atoms with Crippen molar-refractivity contribution in [2.45, 2.75) is 50.2 Å². The van der Waals surface area contributed by atoms with Gasteiger partial charge in [-0.05, 0) is 38.8 Å². The van der Waals surface area contributed by atoms with Crippen LogP contribution in [0.4, 0.5) is 0 Å². The lowest BCUT2D eigenvalue weighted by Crippen LogP contribution is -2.62. The summed E-state index contributed by atoms with van der Waals surface area (Å²) >= 11 is 1.59. The molecule has 1 aromatic rings. The van der Waals surface area contributed by atoms with E-state index in [-0.39, 0.29) is 23.5 Å². The number of carbonyl (C=O) groups is 1. The van der Waals surface area contributed by atoms with Crippen molar-refractivity contribution in [3.05, 3.63) is 29.8 Å². The molecule has 1 aromatic carbocycles. The van der Waals surface area contributed by atoms with Crippen molar-refractivity contribution in [1.82, 2.24) is 4.90 Å². The lowest BCUT2D eigenvalue weighted by atomic mass is 9.58. The number of ether oxygens (including phenoxy) is 1. The Morgan fingerprint density at radius 3 is 2.58 bits per heavy atom. The molecule has 1 N–H and O–H groups in total. The van der Waals surface area contributed by atoms with E-state index in [0.29, 0.717) is 12.4 Å². The zero-order valence-corrected chi connectivity index (χ0v) is 15.3. The minimum Gasteiger partial charge on any atom is -0.392 e. The van der Waals surface area contributed by atoms with Crippen LogP contribution in [0.3, 0.4) is 0 Å². The smallest absolute Gasteiger partial charge is 0.232 e. The van der Waals surface area contributed by atoms with Gasteiger partial charge in [0.15, 0.2) is 0 Å². The van der Waals surface area contributed by atoms with Gasteiger partial charge >= 0.3 is 0 Å². The van der Waals surface area contributed by atoms with Crippen LogP contribution in [0.5, 0.6) is 0 Å². The maximum atomic E-state index is 12.5. The summed E-state index contributed by atoms with van der Waals surface area (Å²) in [5, 5.41) is 10.2. The zero-order chi connectivity index (χ0) is 17.2. The van der Waals surface area contributed by atoms with E-state index in [4.69, 9.17) is 4.74 Å². The van der Waals surface area contributed by atoms with E-state index in [1.54, 1.807) is 11.8 Å². The molecular formula is C19H27NO3S. The lowest BCUT2D eigenvalue weighted by molar-refractivity contribution is -0.209. The number of aryl methyl sites for hydroxylation is 1. The van der Waals surface area contributed by atoms with Gasteiger partial charge in [0.05, 0.1) is 18.0 Å². The van der Waals surface area contributed by atoms with Gasteiger partial charge in [-0.1, -0.05) is 17.7 Å². The molecule has 0 unspecified atom stereocenters. The number of nitrogens with zero attached hydrogens (tertiary/aromatic N) is 1. The minimum atomic E-state index is -0.270. The zero-order valence-electron chi connectivity index (χ0n) is 14.5. The first-order chi connectivity index (χ1) is 11.5. The van der Waals surface area contributed by atoms with Crippen LogP contribution < -0.4 is 0 Å². The highest BCUT2D eigenvalue weighted by atomic mass is 32.2. The van der Waals surface area contributed by atoms with E-state index in [1.165, 1.54) is 5.56 Å². The number of likely N-dealkylation sites (tertiary alicyclic amines) is 1. The monoisotopic (exact) mass is 349 g/mol. The normalized spacial score (nSPS) is 25.5. The van der Waals surface area contributed by atoms with Crippen molar-refractivity contribution in [3.63, 3.8) is 0 Å². The molecule has 1 heterocycles. The molecule has 24 heavy (non-hydrogen) atoms. The molecule has 1 saturated heterocycles. The molecule has 1 aliphatic carbocycles. The van der Waals surface area contributed by atoms with Gasteiger partial charge in [0.2, 0.25) is 5.91 Å². The first kappa shape index (κ1) is 17.8. The number of thioether (sulfide) groups is 1. The molecule has 0 aromatic heterocycles. The molecular weight excluding hydrogens is 322 g/mol. The summed E-state index contributed by atoms with van der Waals surface area (Å²) in [5.74, 6) is 0.672. The molecule has 2 aliphatic rings. The number of aliphatic hydroxyl groups excluding tert-OH is 1. The van der Waals surface area contributed by atoms with Crippen molar-refractivity contribution in [2.24, 2.45) is 5.41 Å². The quantitative estimate of drug-likeness (QED) is 0.831. The minimum absolute atomic E-state index is 0.114. The third kappa shape index (κ3) is 3.48. The summed E-state index contributed by atoms with van der Waals surface area (Å²) in [7, 11) is 0. The van der Waals surface area contributed by atoms with E-state index in [0.717, 1.165) is 37.2 Å². The molecule has 2 fully saturated rings. The predicted octanol–water partition coefficient (Wildman–Crippen LogP) is 2.87. The summed E-state index contributed by atoms with van der Waals surface area (Å²) in [6, 6.07) is 8.28. The van der Waals surface area contributed by atoms with E-state index in [2.05, 4.69) is 31.2 Å². The van der Waals surface area contributed by atoms with E-state index in [1.807, 2.05) is 11.8 Å². The van der Waals surface area contributed by atoms with Gasteiger partial charge in [-0.2, -0.15) is 0 Å². The first-order valence-corrected chi connectivity index (χ1v) is 9.80. The molecule has 3 rings (SSSR count). The van der Waals surface area contributed by atoms with Crippen molar-refractivity contribution < 1.29 is 14.6 Å². The molecule has 0 radical (unpaired) electrons. The van der Waals surface area contributed by atoms with Gasteiger partial charge in [-0.3, -0.25) is 4.79 Å². The summed E-state index contributed by atoms with van der Waals surface area (Å²) in [6.45, 7) is 6.21. The van der Waals surface area contributed by atoms with Crippen LogP contribution >= 0.6 is 11.8 Å². The van der Waals surface area contributed by atoms with E-state index in [9.17, 15) is 9.90 Å². The molecule has 132 valence electrons. The highest BCUT2D eigenvalue weighted by molar-refractivity contribution is 8.00. The van der Waals surface area contributed by atoms with Crippen LogP contribution in [0.1, 0.15) is 31.7 Å². The van der Waals surface area contributed by atoms with Gasteiger partial charge in [-0.25, -0.2) is 0 Å². The number of hydrogen-bond donors (Lipinski definition) is 1. The first-order valence-electron chi connectivity index (χ1n) is 8.82. The average Bonchev–Trinajstić information content (AvgIpc) is 2.61. The number of hydrogen-bond acceptors (Lipinski definition) is 4. The Kier molecular flexibility index (Phi) is 5.52. The Balaban J connectivity index is 1.49. The van der Waals surface area contributed by atoms with Crippen molar-refractivity contribution in [3.8, 4) is 0 Å². The summed E-state index contributed by atoms with van der Waals surface area (Å²) < 4.78 is 5.78. The molecule has 1 aliphatic heterocycles. The second kappa shape index (κ2) is 7.46. The van der Waals surface area contributed by atoms with Gasteiger partial charge in [0, 0.05) is 36.4 Å². The predicted molar refractivity (Wildman–Crippen MR) is 96.2 cm³/mol. The van der Waals surface area contributed by atoms with Gasteiger partial charge in [0.1, 0.15) is 0 Å². The number of piperidine rings is 1. The van der Waals surface area contributed by atoms with E-state index >= 15 is 0 Å². The number of benzene rings is 1. The lowest BCUT2D eigenvalue weighted by Gasteiger charge is -2.56. The average molecular weight is 349 g/mol. The van der Waals surface area contributed by atoms with Crippen LogP contribution in [0.2, 0.25) is 0 Å². The highest BCUT2D eigenvalue weighted by Gasteiger charge is 2.56. The number of carbonyl (C=O) groups excluding carboxylic acids is 1. The van der Waals surface area contributed by atoms with E-state index < -0.39 is 0 Å². The third-order valence-corrected chi connectivity index (χ3v) is 6.54. The Labute approximate surface area is 148 Å². The van der Waals surface area contributed by atoms with Crippen molar-refractivity contribution in [2.75, 3.05) is 25.4 Å². The topological polar surface area (TPSA) is 49.8 Å². The summed E-state index contributed by atoms with van der Waals surface area (Å²) in [6.07, 6.45) is 2.33. The SMILES string of the molecule is CCO[C@H]1C[C@H](O)C12CCN(C(=O)CSc1ccc(C)cc1)CC2. The highest BCUT2D eigenvalue weighted by Crippen LogP contribution is 2.50. The maximum Gasteiger partial charge on any atom is 0.232 e. The number of rotatable bonds is 5. The molecule has 1 spiro atoms. The van der Waals surface area contributed by atoms with Crippen LogP contribution in [0, 0.1) is 12.3 Å². The van der Waals surface area contributed by atoms with Crippen LogP contribution in [0.25, 0.3) is 0 Å². The molecule has 1 saturated carbocycles. The summed E-state index contributed by atoms with van der Waals surface area (Å²) in [4.78, 5) is 15.5. The largest absolute Gasteiger partial charge is 0.392 e. The summed E-state index contributed by atoms with van der Waals surface area (Å²) in [5.41, 5.74) is 1.12. The second-order valence-electron chi connectivity index (χ2n) is 6.91. The molecule has 0 bridgehead atoms. The second-order valence-corrected chi connectivity index (χ2v) is 7.96. The Morgan fingerprint density at radius 2 is 2.00 bits per heavy atom. The van der Waals surface area contributed by atoms with Crippen molar-refractivity contribution in [1.29, 1.82) is 0 Å². The molecule has 2 atom stereocenters. The number of aliphatic hydroxyl groups is 1. The van der Waals surface area contributed by atoms with Crippen LogP contribution in [-0.4, -0.2) is 53.6 Å². The van der Waals surface area contributed by atoms with Gasteiger partial charge in [0.25, 0.3) is 0 Å². The Bertz CT molecular complexity index is 564. The Hall–Kier alpha value is -1.04. The molecule has 5 heteroatoms. The molecule has 1 amide bonds. The van der Waals surface area contributed by atoms with Gasteiger partial charge in [-0.15, -0.1) is 11.8 Å². The van der Waals surface area contributed by atoms with Crippen LogP contribution in [0.15, 0.2) is 29.2 Å². The molecule has 4 nitrogen and oxygen atoms in total.